The van der Waals surface area contributed by atoms with Crippen LogP contribution >= 0.6 is 0 Å². The second-order valence-corrected chi connectivity index (χ2v) is 3.20. The zero-order valence-corrected chi connectivity index (χ0v) is 8.41. The lowest BCUT2D eigenvalue weighted by molar-refractivity contribution is -0.179. The second kappa shape index (κ2) is 4.57. The molecule has 0 spiro atoms. The third-order valence-corrected chi connectivity index (χ3v) is 2.05. The zero-order chi connectivity index (χ0) is 11.5. The minimum atomic E-state index is -2.51. The van der Waals surface area contributed by atoms with E-state index in [1.54, 1.807) is 6.92 Å². The van der Waals surface area contributed by atoms with Crippen LogP contribution in [-0.2, 0) is 14.2 Å². The molecule has 2 unspecified atom stereocenters. The average Bonchev–Trinajstić information content (AvgIpc) is 2.35. The Morgan fingerprint density at radius 3 is 2.80 bits per heavy atom. The Labute approximate surface area is 85.8 Å². The van der Waals surface area contributed by atoms with Crippen LogP contribution in [0.3, 0.4) is 0 Å². The van der Waals surface area contributed by atoms with Crippen LogP contribution in [0, 0.1) is 0 Å². The van der Waals surface area contributed by atoms with Crippen molar-refractivity contribution in [2.24, 2.45) is 0 Å². The summed E-state index contributed by atoms with van der Waals surface area (Å²) in [5.74, 6) is -1.20. The molecule has 86 valence electrons. The summed E-state index contributed by atoms with van der Waals surface area (Å²) in [6.45, 7) is 3.04. The molecule has 6 heteroatoms. The Kier molecular flexibility index (Phi) is 3.62. The molecule has 1 heterocycles. The molecule has 0 radical (unpaired) electrons. The Balaban J connectivity index is 2.40. The Hall–Kier alpha value is -1.17. The van der Waals surface area contributed by atoms with Crippen molar-refractivity contribution in [2.75, 3.05) is 6.61 Å². The number of allylic oxidation sites excluding steroid dienone is 1. The van der Waals surface area contributed by atoms with Gasteiger partial charge in [-0.15, -0.1) is 0 Å². The van der Waals surface area contributed by atoms with Gasteiger partial charge < -0.3 is 14.2 Å². The number of rotatable bonds is 4. The maximum absolute atomic E-state index is 11.7. The molecule has 0 bridgehead atoms. The van der Waals surface area contributed by atoms with E-state index < -0.39 is 24.5 Å². The number of ether oxygens (including phenoxy) is 3. The van der Waals surface area contributed by atoms with Crippen LogP contribution in [0.1, 0.15) is 13.8 Å². The number of hydrogen-bond acceptors (Lipinski definition) is 4. The summed E-state index contributed by atoms with van der Waals surface area (Å²) in [6, 6.07) is 0. The third kappa shape index (κ3) is 3.16. The predicted molar refractivity (Wildman–Crippen MR) is 46.5 cm³/mol. The van der Waals surface area contributed by atoms with Crippen molar-refractivity contribution in [2.45, 2.75) is 32.2 Å². The molecule has 2 atom stereocenters. The molecule has 0 aliphatic carbocycles. The second-order valence-electron chi connectivity index (χ2n) is 3.20. The van der Waals surface area contributed by atoms with E-state index in [1.807, 2.05) is 0 Å². The van der Waals surface area contributed by atoms with Gasteiger partial charge in [0.05, 0.1) is 6.61 Å². The topological polar surface area (TPSA) is 44.8 Å². The van der Waals surface area contributed by atoms with Crippen LogP contribution in [0.25, 0.3) is 0 Å². The average molecular weight is 222 g/mol. The van der Waals surface area contributed by atoms with Gasteiger partial charge in [0.25, 0.3) is 12.2 Å². The maximum atomic E-state index is 11.7. The monoisotopic (exact) mass is 222 g/mol. The summed E-state index contributed by atoms with van der Waals surface area (Å²) in [7, 11) is 0. The summed E-state index contributed by atoms with van der Waals surface area (Å²) < 4.78 is 38.0. The first-order valence-electron chi connectivity index (χ1n) is 4.42. The van der Waals surface area contributed by atoms with Gasteiger partial charge in [0.1, 0.15) is 0 Å². The molecule has 4 nitrogen and oxygen atoms in total. The van der Waals surface area contributed by atoms with E-state index in [0.29, 0.717) is 6.08 Å². The molecule has 0 saturated carbocycles. The van der Waals surface area contributed by atoms with E-state index in [9.17, 15) is 13.6 Å². The molecular formula is C9H12F2O4. The summed E-state index contributed by atoms with van der Waals surface area (Å²) in [4.78, 5) is 10.7. The fourth-order valence-electron chi connectivity index (χ4n) is 1.04. The number of alkyl halides is 2. The number of carbonyl (C=O) groups excluding carboxylic acids is 1. The molecule has 1 saturated heterocycles. The van der Waals surface area contributed by atoms with E-state index in [4.69, 9.17) is 14.2 Å². The highest BCUT2D eigenvalue weighted by atomic mass is 19.3. The van der Waals surface area contributed by atoms with Crippen LogP contribution in [-0.4, -0.2) is 31.1 Å². The highest BCUT2D eigenvalue weighted by Crippen LogP contribution is 2.27. The fourth-order valence-corrected chi connectivity index (χ4v) is 1.04. The van der Waals surface area contributed by atoms with Crippen LogP contribution in [0.4, 0.5) is 13.6 Å². The van der Waals surface area contributed by atoms with Gasteiger partial charge in [-0.2, -0.15) is 0 Å². The molecule has 1 fully saturated rings. The minimum absolute atomic E-state index is 0.0676. The van der Waals surface area contributed by atoms with E-state index in [-0.39, 0.29) is 6.61 Å². The first-order valence-corrected chi connectivity index (χ1v) is 4.42. The lowest BCUT2D eigenvalue weighted by Gasteiger charge is -2.23. The minimum Gasteiger partial charge on any atom is -0.424 e. The van der Waals surface area contributed by atoms with E-state index in [2.05, 4.69) is 0 Å². The van der Waals surface area contributed by atoms with Crippen LogP contribution < -0.4 is 0 Å². The first-order chi connectivity index (χ1) is 6.94. The molecule has 1 rings (SSSR count). The summed E-state index contributed by atoms with van der Waals surface area (Å²) in [6.07, 6.45) is -2.03. The number of hydrogen-bond donors (Lipinski definition) is 0. The summed E-state index contributed by atoms with van der Waals surface area (Å²) in [5.41, 5.74) is 0. The Morgan fingerprint density at radius 2 is 2.33 bits per heavy atom. The normalized spacial score (nSPS) is 31.0. The van der Waals surface area contributed by atoms with Crippen molar-refractivity contribution < 1.29 is 27.8 Å². The third-order valence-electron chi connectivity index (χ3n) is 2.05. The predicted octanol–water partition coefficient (Wildman–Crippen LogP) is 2.10. The Bertz CT molecular complexity index is 267. The van der Waals surface area contributed by atoms with Gasteiger partial charge in [0, 0.05) is 6.92 Å². The molecule has 1 aliphatic rings. The van der Waals surface area contributed by atoms with Gasteiger partial charge in [-0.3, -0.25) is 0 Å². The van der Waals surface area contributed by atoms with Crippen molar-refractivity contribution >= 4 is 6.16 Å². The highest BCUT2D eigenvalue weighted by molar-refractivity contribution is 5.62. The van der Waals surface area contributed by atoms with Crippen molar-refractivity contribution in [1.29, 1.82) is 0 Å². The van der Waals surface area contributed by atoms with E-state index in [0.717, 1.165) is 6.08 Å². The molecule has 0 N–H and O–H groups in total. The number of cyclic esters (lactones) is 2. The highest BCUT2D eigenvalue weighted by Gasteiger charge is 2.46. The molecular weight excluding hydrogens is 210 g/mol. The van der Waals surface area contributed by atoms with Gasteiger partial charge >= 0.3 is 6.16 Å². The standard InChI is InChI=1S/C9H12F2O4/c1-6-9(2,15-8(12)14-6)13-5-3-4-7(10)11/h3-4,6-7H,5H2,1-2H3. The summed E-state index contributed by atoms with van der Waals surface area (Å²) in [5, 5.41) is 0. The van der Waals surface area contributed by atoms with E-state index >= 15 is 0 Å². The number of carbonyl (C=O) groups is 1. The van der Waals surface area contributed by atoms with Gasteiger partial charge in [-0.05, 0) is 13.0 Å². The SMILES string of the molecule is CC1OC(=O)OC1(C)OCC=CC(F)F. The largest absolute Gasteiger partial charge is 0.511 e. The van der Waals surface area contributed by atoms with Crippen LogP contribution in [0.5, 0.6) is 0 Å². The van der Waals surface area contributed by atoms with Gasteiger partial charge in [-0.25, -0.2) is 13.6 Å². The quantitative estimate of drug-likeness (QED) is 0.539. The molecule has 15 heavy (non-hydrogen) atoms. The Morgan fingerprint density at radius 1 is 1.67 bits per heavy atom. The van der Waals surface area contributed by atoms with Gasteiger partial charge in [0.2, 0.25) is 0 Å². The van der Waals surface area contributed by atoms with Gasteiger partial charge in [0.15, 0.2) is 6.10 Å². The molecule has 1 aliphatic heterocycles. The molecule has 0 amide bonds. The van der Waals surface area contributed by atoms with Crippen LogP contribution in [0.2, 0.25) is 0 Å². The van der Waals surface area contributed by atoms with Crippen molar-refractivity contribution in [3.8, 4) is 0 Å². The first kappa shape index (κ1) is 11.9. The van der Waals surface area contributed by atoms with Gasteiger partial charge in [-0.1, -0.05) is 6.08 Å². The van der Waals surface area contributed by atoms with Crippen molar-refractivity contribution in [3.05, 3.63) is 12.2 Å². The number of halogens is 2. The van der Waals surface area contributed by atoms with Crippen molar-refractivity contribution in [3.63, 3.8) is 0 Å². The van der Waals surface area contributed by atoms with E-state index in [1.165, 1.54) is 6.92 Å². The molecule has 0 aromatic heterocycles. The smallest absolute Gasteiger partial charge is 0.424 e. The fraction of sp³-hybridized carbons (Fsp3) is 0.667. The molecule has 0 aromatic carbocycles. The molecule has 0 aromatic rings. The maximum Gasteiger partial charge on any atom is 0.511 e. The lowest BCUT2D eigenvalue weighted by atomic mass is 10.2. The lowest BCUT2D eigenvalue weighted by Crippen LogP contribution is -2.37. The summed E-state index contributed by atoms with van der Waals surface area (Å²) >= 11 is 0. The van der Waals surface area contributed by atoms with Crippen molar-refractivity contribution in [1.82, 2.24) is 0 Å². The van der Waals surface area contributed by atoms with Crippen LogP contribution in [0.15, 0.2) is 12.2 Å². The zero-order valence-electron chi connectivity index (χ0n) is 8.41.